The van der Waals surface area contributed by atoms with Gasteiger partial charge in [-0.3, -0.25) is 19.0 Å². The molecule has 0 aliphatic heterocycles. The molecule has 1 heterocycles. The Morgan fingerprint density at radius 3 is 2.49 bits per heavy atom. The summed E-state index contributed by atoms with van der Waals surface area (Å²) in [4.78, 5) is 44.7. The Hall–Kier alpha value is -3.91. The number of aromatic nitrogens is 2. The molecule has 0 spiro atoms. The number of methoxy groups -OCH3 is 1. The number of carbonyl (C=O) groups excluding carboxylic acids is 2. The fraction of sp³-hybridized carbons (Fsp3) is 0.290. The van der Waals surface area contributed by atoms with Gasteiger partial charge < -0.3 is 10.1 Å². The average Bonchev–Trinajstić information content (AvgIpc) is 3.46. The maximum absolute atomic E-state index is 13.8. The normalized spacial score (nSPS) is 13.5. The number of Topliss-reactive ketones (excluding diaryl/α,β-unsaturated/α-hetero) is 1. The highest BCUT2D eigenvalue weighted by atomic mass is 32.2. The molecule has 1 aliphatic carbocycles. The van der Waals surface area contributed by atoms with Crippen LogP contribution in [0.1, 0.15) is 57.5 Å². The van der Waals surface area contributed by atoms with Crippen LogP contribution in [0.3, 0.4) is 0 Å². The molecule has 1 N–H and O–H groups in total. The number of hydrogen-bond acceptors (Lipinski definition) is 6. The van der Waals surface area contributed by atoms with Gasteiger partial charge in [-0.25, -0.2) is 4.98 Å². The van der Waals surface area contributed by atoms with Crippen molar-refractivity contribution in [1.82, 2.24) is 14.9 Å². The van der Waals surface area contributed by atoms with E-state index in [4.69, 9.17) is 9.72 Å². The molecule has 1 amide bonds. The Bertz CT molecular complexity index is 1610. The van der Waals surface area contributed by atoms with E-state index in [1.54, 1.807) is 49.6 Å². The summed E-state index contributed by atoms with van der Waals surface area (Å²) in [5.41, 5.74) is 3.80. The molecule has 1 fully saturated rings. The fourth-order valence-corrected chi connectivity index (χ4v) is 5.84. The van der Waals surface area contributed by atoms with Crippen molar-refractivity contribution in [3.05, 3.63) is 93.3 Å². The number of hydrogen-bond donors (Lipinski definition) is 1. The first kappa shape index (κ1) is 26.7. The number of ether oxygens (including phenoxy) is 1. The number of nitrogens with one attached hydrogen (secondary N) is 1. The highest BCUT2D eigenvalue weighted by Gasteiger charge is 2.20. The van der Waals surface area contributed by atoms with Crippen molar-refractivity contribution < 1.29 is 14.3 Å². The number of nitrogens with zero attached hydrogens (tertiary/aromatic N) is 2. The van der Waals surface area contributed by atoms with Gasteiger partial charge in [-0.1, -0.05) is 42.3 Å². The molecule has 1 saturated carbocycles. The second-order valence-electron chi connectivity index (χ2n) is 9.95. The number of benzene rings is 3. The smallest absolute Gasteiger partial charge is 0.266 e. The number of fused-ring (bicyclic) bond motifs is 1. The lowest BCUT2D eigenvalue weighted by molar-refractivity contribution is 0.0937. The summed E-state index contributed by atoms with van der Waals surface area (Å²) in [5.74, 6) is 0.573. The van der Waals surface area contributed by atoms with Crippen molar-refractivity contribution in [1.29, 1.82) is 0 Å². The molecule has 0 radical (unpaired) electrons. The van der Waals surface area contributed by atoms with Crippen LogP contribution in [0.4, 0.5) is 0 Å². The third-order valence-corrected chi connectivity index (χ3v) is 8.09. The number of ketones is 1. The minimum absolute atomic E-state index is 0.0403. The zero-order valence-corrected chi connectivity index (χ0v) is 23.1. The monoisotopic (exact) mass is 541 g/mol. The minimum Gasteiger partial charge on any atom is -0.497 e. The third kappa shape index (κ3) is 5.76. The van der Waals surface area contributed by atoms with Gasteiger partial charge >= 0.3 is 0 Å². The third-order valence-electron chi connectivity index (χ3n) is 7.15. The molecule has 39 heavy (non-hydrogen) atoms. The molecule has 0 unspecified atom stereocenters. The average molecular weight is 542 g/mol. The quantitative estimate of drug-likeness (QED) is 0.176. The Kier molecular flexibility index (Phi) is 7.84. The number of thioether (sulfide) groups is 1. The number of rotatable bonds is 8. The van der Waals surface area contributed by atoms with Crippen molar-refractivity contribution in [2.24, 2.45) is 0 Å². The van der Waals surface area contributed by atoms with E-state index in [0.717, 1.165) is 36.8 Å². The SMILES string of the molecule is COc1ccc(-n2c(SCC(=O)c3cc(C)ccc3C)nc3cc(C(=O)NC4CCCC4)ccc3c2=O)cc1. The summed E-state index contributed by atoms with van der Waals surface area (Å²) in [6, 6.07) is 18.1. The van der Waals surface area contributed by atoms with E-state index >= 15 is 0 Å². The molecule has 0 atom stereocenters. The first-order valence-corrected chi connectivity index (χ1v) is 14.1. The van der Waals surface area contributed by atoms with Crippen molar-refractivity contribution in [3.63, 3.8) is 0 Å². The molecular formula is C31H31N3O4S. The highest BCUT2D eigenvalue weighted by molar-refractivity contribution is 7.99. The topological polar surface area (TPSA) is 90.3 Å². The molecule has 0 saturated heterocycles. The highest BCUT2D eigenvalue weighted by Crippen LogP contribution is 2.25. The maximum Gasteiger partial charge on any atom is 0.266 e. The first-order chi connectivity index (χ1) is 18.8. The van der Waals surface area contributed by atoms with Crippen molar-refractivity contribution in [2.75, 3.05) is 12.9 Å². The molecule has 7 nitrogen and oxygen atoms in total. The van der Waals surface area contributed by atoms with Gasteiger partial charge in [0, 0.05) is 17.2 Å². The van der Waals surface area contributed by atoms with E-state index in [9.17, 15) is 14.4 Å². The Balaban J connectivity index is 1.53. The largest absolute Gasteiger partial charge is 0.497 e. The minimum atomic E-state index is -0.269. The second kappa shape index (κ2) is 11.5. The summed E-state index contributed by atoms with van der Waals surface area (Å²) < 4.78 is 6.79. The Morgan fingerprint density at radius 1 is 1.03 bits per heavy atom. The van der Waals surface area contributed by atoms with Crippen LogP contribution in [-0.4, -0.2) is 40.1 Å². The van der Waals surface area contributed by atoms with Crippen LogP contribution in [0, 0.1) is 13.8 Å². The van der Waals surface area contributed by atoms with Crippen molar-refractivity contribution in [2.45, 2.75) is 50.7 Å². The number of carbonyl (C=O) groups is 2. The van der Waals surface area contributed by atoms with Crippen LogP contribution in [0.5, 0.6) is 5.75 Å². The van der Waals surface area contributed by atoms with Crippen LogP contribution in [0.15, 0.2) is 70.6 Å². The fourth-order valence-electron chi connectivity index (χ4n) is 4.95. The van der Waals surface area contributed by atoms with E-state index in [-0.39, 0.29) is 29.0 Å². The van der Waals surface area contributed by atoms with Gasteiger partial charge in [-0.15, -0.1) is 0 Å². The predicted molar refractivity (Wildman–Crippen MR) is 155 cm³/mol. The van der Waals surface area contributed by atoms with Gasteiger partial charge in [0.05, 0.1) is 29.5 Å². The molecule has 0 bridgehead atoms. The van der Waals surface area contributed by atoms with Crippen LogP contribution < -0.4 is 15.6 Å². The van der Waals surface area contributed by atoms with Crippen LogP contribution in [0.25, 0.3) is 16.6 Å². The van der Waals surface area contributed by atoms with Gasteiger partial charge in [0.15, 0.2) is 10.9 Å². The van der Waals surface area contributed by atoms with E-state index < -0.39 is 0 Å². The molecule has 3 aromatic carbocycles. The summed E-state index contributed by atoms with van der Waals surface area (Å²) in [6.45, 7) is 3.87. The van der Waals surface area contributed by atoms with E-state index in [2.05, 4.69) is 5.32 Å². The standard InChI is InChI=1S/C31H31N3O4S/c1-19-8-9-20(2)26(16-19)28(35)18-39-31-33-27-17-21(29(36)32-22-6-4-5-7-22)10-15-25(27)30(37)34(31)23-11-13-24(38-3)14-12-23/h8-17,22H,4-7,18H2,1-3H3,(H,32,36). The lowest BCUT2D eigenvalue weighted by Crippen LogP contribution is -2.32. The molecule has 8 heteroatoms. The van der Waals surface area contributed by atoms with Gasteiger partial charge in [-0.2, -0.15) is 0 Å². The van der Waals surface area contributed by atoms with Crippen LogP contribution in [-0.2, 0) is 0 Å². The van der Waals surface area contributed by atoms with Gasteiger partial charge in [0.2, 0.25) is 0 Å². The second-order valence-corrected chi connectivity index (χ2v) is 10.9. The number of amides is 1. The van der Waals surface area contributed by atoms with E-state index in [1.165, 1.54) is 16.3 Å². The van der Waals surface area contributed by atoms with E-state index in [1.807, 2.05) is 32.0 Å². The van der Waals surface area contributed by atoms with Gasteiger partial charge in [-0.05, 0) is 80.8 Å². The molecule has 5 rings (SSSR count). The molecular weight excluding hydrogens is 510 g/mol. The summed E-state index contributed by atoms with van der Waals surface area (Å²) in [7, 11) is 1.58. The molecule has 4 aromatic rings. The lowest BCUT2D eigenvalue weighted by Gasteiger charge is -2.15. The number of aryl methyl sites for hydroxylation is 2. The Morgan fingerprint density at radius 2 is 1.77 bits per heavy atom. The summed E-state index contributed by atoms with van der Waals surface area (Å²) in [6.07, 6.45) is 4.21. The molecule has 1 aromatic heterocycles. The summed E-state index contributed by atoms with van der Waals surface area (Å²) in [5, 5.41) is 3.87. The van der Waals surface area contributed by atoms with Crippen molar-refractivity contribution >= 4 is 34.4 Å². The maximum atomic E-state index is 13.8. The predicted octanol–water partition coefficient (Wildman–Crippen LogP) is 5.66. The van der Waals surface area contributed by atoms with Crippen molar-refractivity contribution in [3.8, 4) is 11.4 Å². The lowest BCUT2D eigenvalue weighted by atomic mass is 10.0. The molecule has 1 aliphatic rings. The zero-order valence-electron chi connectivity index (χ0n) is 22.3. The Labute approximate surface area is 231 Å². The van der Waals surface area contributed by atoms with Gasteiger partial charge in [0.1, 0.15) is 5.75 Å². The van der Waals surface area contributed by atoms with Gasteiger partial charge in [0.25, 0.3) is 11.5 Å². The first-order valence-electron chi connectivity index (χ1n) is 13.1. The van der Waals surface area contributed by atoms with E-state index in [0.29, 0.717) is 38.6 Å². The molecule has 200 valence electrons. The zero-order chi connectivity index (χ0) is 27.5. The van der Waals surface area contributed by atoms with Crippen LogP contribution in [0.2, 0.25) is 0 Å². The summed E-state index contributed by atoms with van der Waals surface area (Å²) >= 11 is 1.21. The van der Waals surface area contributed by atoms with Crippen LogP contribution >= 0.6 is 11.8 Å².